The lowest BCUT2D eigenvalue weighted by atomic mass is 9.97. The molecular weight excluding hydrogens is 336 g/mol. The monoisotopic (exact) mass is 358 g/mol. The van der Waals surface area contributed by atoms with Gasteiger partial charge in [-0.25, -0.2) is 0 Å². The van der Waals surface area contributed by atoms with E-state index in [1.54, 1.807) is 18.1 Å². The average molecular weight is 358 g/mol. The van der Waals surface area contributed by atoms with Gasteiger partial charge < -0.3 is 15.1 Å². The van der Waals surface area contributed by atoms with Crippen LogP contribution < -0.4 is 10.2 Å². The van der Waals surface area contributed by atoms with Gasteiger partial charge in [0.15, 0.2) is 0 Å². The Morgan fingerprint density at radius 2 is 2.20 bits per heavy atom. The number of pyridine rings is 1. The molecule has 132 valence electrons. The van der Waals surface area contributed by atoms with E-state index in [1.807, 2.05) is 12.1 Å². The number of hydrogen-bond donors (Lipinski definition) is 1. The lowest BCUT2D eigenvalue weighted by Gasteiger charge is -2.30. The molecule has 1 unspecified atom stereocenters. The van der Waals surface area contributed by atoms with E-state index in [-0.39, 0.29) is 17.9 Å². The number of carbonyl (C=O) groups is 2. The molecule has 1 N–H and O–H groups in total. The van der Waals surface area contributed by atoms with Crippen molar-refractivity contribution in [3.63, 3.8) is 0 Å². The molecule has 0 radical (unpaired) electrons. The molecule has 0 aromatic carbocycles. The standard InChI is InChI=1S/C18H22N4O2S/c1-11(23)21(2)17-6-13-8-19-15(7-16(13)25-17)18(24)20-14-5-12-3-4-22(9-12)10-14/h6-8,12,14H,3-5,9-10H2,1-2H3,(H,20,24)/t12-,14-/m1/s1. The third-order valence-corrected chi connectivity index (χ3v) is 6.40. The molecule has 4 rings (SSSR count). The van der Waals surface area contributed by atoms with Crippen molar-refractivity contribution in [1.29, 1.82) is 0 Å². The molecule has 0 aliphatic carbocycles. The zero-order valence-electron chi connectivity index (χ0n) is 14.5. The zero-order chi connectivity index (χ0) is 17.6. The van der Waals surface area contributed by atoms with Crippen LogP contribution in [-0.2, 0) is 4.79 Å². The molecule has 2 saturated heterocycles. The van der Waals surface area contributed by atoms with E-state index in [4.69, 9.17) is 0 Å². The minimum absolute atomic E-state index is 0.0144. The van der Waals surface area contributed by atoms with Gasteiger partial charge in [-0.3, -0.25) is 14.6 Å². The summed E-state index contributed by atoms with van der Waals surface area (Å²) in [5, 5.41) is 4.96. The van der Waals surface area contributed by atoms with Gasteiger partial charge in [-0.05, 0) is 37.4 Å². The van der Waals surface area contributed by atoms with Gasteiger partial charge in [-0.2, -0.15) is 0 Å². The van der Waals surface area contributed by atoms with Crippen molar-refractivity contribution >= 4 is 38.2 Å². The zero-order valence-corrected chi connectivity index (χ0v) is 15.3. The number of carbonyl (C=O) groups excluding carboxylic acids is 2. The third kappa shape index (κ3) is 3.26. The third-order valence-electron chi connectivity index (χ3n) is 5.23. The minimum Gasteiger partial charge on any atom is -0.347 e. The Labute approximate surface area is 150 Å². The Bertz CT molecular complexity index is 822. The Morgan fingerprint density at radius 1 is 1.36 bits per heavy atom. The van der Waals surface area contributed by atoms with E-state index in [9.17, 15) is 9.59 Å². The molecular formula is C18H22N4O2S. The van der Waals surface area contributed by atoms with Gasteiger partial charge in [-0.15, -0.1) is 11.3 Å². The summed E-state index contributed by atoms with van der Waals surface area (Å²) in [7, 11) is 1.75. The number of thiophene rings is 1. The van der Waals surface area contributed by atoms with E-state index >= 15 is 0 Å². The molecule has 2 aliphatic rings. The molecule has 2 amide bonds. The van der Waals surface area contributed by atoms with Gasteiger partial charge in [0.1, 0.15) is 5.69 Å². The molecule has 2 bridgehead atoms. The second-order valence-electron chi connectivity index (χ2n) is 7.09. The van der Waals surface area contributed by atoms with Crippen LogP contribution in [0.4, 0.5) is 5.00 Å². The quantitative estimate of drug-likeness (QED) is 0.913. The molecule has 2 fully saturated rings. The number of hydrogen-bond acceptors (Lipinski definition) is 5. The summed E-state index contributed by atoms with van der Waals surface area (Å²) in [6.45, 7) is 4.81. The molecule has 4 heterocycles. The van der Waals surface area contributed by atoms with Gasteiger partial charge in [0.2, 0.25) is 5.91 Å². The van der Waals surface area contributed by atoms with E-state index in [1.165, 1.54) is 31.2 Å². The molecule has 2 aromatic rings. The number of fused-ring (bicyclic) bond motifs is 3. The highest BCUT2D eigenvalue weighted by molar-refractivity contribution is 7.23. The van der Waals surface area contributed by atoms with Crippen molar-refractivity contribution < 1.29 is 9.59 Å². The van der Waals surface area contributed by atoms with Crippen LogP contribution in [0.3, 0.4) is 0 Å². The summed E-state index contributed by atoms with van der Waals surface area (Å²) in [6.07, 6.45) is 4.03. The van der Waals surface area contributed by atoms with Crippen LogP contribution in [0.25, 0.3) is 10.1 Å². The first-order valence-corrected chi connectivity index (χ1v) is 9.48. The summed E-state index contributed by atoms with van der Waals surface area (Å²) in [5.41, 5.74) is 0.444. The van der Waals surface area contributed by atoms with Crippen molar-refractivity contribution in [1.82, 2.24) is 15.2 Å². The minimum atomic E-state index is -0.107. The Balaban J connectivity index is 1.50. The fourth-order valence-corrected chi connectivity index (χ4v) is 4.86. The van der Waals surface area contributed by atoms with Gasteiger partial charge in [0.05, 0.1) is 5.00 Å². The van der Waals surface area contributed by atoms with Crippen molar-refractivity contribution in [3.8, 4) is 0 Å². The van der Waals surface area contributed by atoms with E-state index in [0.717, 1.165) is 40.5 Å². The number of amides is 2. The van der Waals surface area contributed by atoms with Crippen LogP contribution >= 0.6 is 11.3 Å². The highest BCUT2D eigenvalue weighted by Gasteiger charge is 2.33. The predicted octanol–water partition coefficient (Wildman–Crippen LogP) is 2.10. The van der Waals surface area contributed by atoms with E-state index < -0.39 is 0 Å². The van der Waals surface area contributed by atoms with Crippen LogP contribution in [0.2, 0.25) is 0 Å². The number of nitrogens with one attached hydrogen (secondary N) is 1. The number of piperidine rings is 1. The van der Waals surface area contributed by atoms with Crippen LogP contribution in [0.1, 0.15) is 30.3 Å². The van der Waals surface area contributed by atoms with Crippen LogP contribution in [0.15, 0.2) is 18.3 Å². The van der Waals surface area contributed by atoms with Gasteiger partial charge in [0.25, 0.3) is 5.91 Å². The fourth-order valence-electron chi connectivity index (χ4n) is 3.79. The number of anilines is 1. The maximum Gasteiger partial charge on any atom is 0.270 e. The summed E-state index contributed by atoms with van der Waals surface area (Å²) in [5.74, 6) is 0.597. The molecule has 0 saturated carbocycles. The number of nitrogens with zero attached hydrogens (tertiary/aromatic N) is 3. The summed E-state index contributed by atoms with van der Waals surface area (Å²) in [4.78, 5) is 32.5. The predicted molar refractivity (Wildman–Crippen MR) is 99.1 cm³/mol. The van der Waals surface area contributed by atoms with Crippen molar-refractivity contribution in [2.24, 2.45) is 5.92 Å². The molecule has 6 nitrogen and oxygen atoms in total. The van der Waals surface area contributed by atoms with Crippen LogP contribution in [0, 0.1) is 5.92 Å². The lowest BCUT2D eigenvalue weighted by Crippen LogP contribution is -2.47. The first-order valence-electron chi connectivity index (χ1n) is 8.66. The summed E-state index contributed by atoms with van der Waals surface area (Å²) >= 11 is 1.50. The van der Waals surface area contributed by atoms with Crippen molar-refractivity contribution in [2.75, 3.05) is 31.6 Å². The average Bonchev–Trinajstić information content (AvgIpc) is 3.16. The maximum atomic E-state index is 12.6. The normalized spacial score (nSPS) is 25.1. The first kappa shape index (κ1) is 16.5. The number of rotatable bonds is 3. The second kappa shape index (κ2) is 6.38. The highest BCUT2D eigenvalue weighted by Crippen LogP contribution is 2.32. The first-order chi connectivity index (χ1) is 12.0. The lowest BCUT2D eigenvalue weighted by molar-refractivity contribution is -0.116. The van der Waals surface area contributed by atoms with Crippen molar-refractivity contribution in [2.45, 2.75) is 25.8 Å². The summed E-state index contributed by atoms with van der Waals surface area (Å²) < 4.78 is 0.968. The molecule has 3 atom stereocenters. The number of aromatic nitrogens is 1. The van der Waals surface area contributed by atoms with Gasteiger partial charge >= 0.3 is 0 Å². The SMILES string of the molecule is CC(=O)N(C)c1cc2cnc(C(=O)N[C@@H]3C[C@H]4CCN(C4)C3)cc2s1. The van der Waals surface area contributed by atoms with Gasteiger partial charge in [0, 0.05) is 49.4 Å². The van der Waals surface area contributed by atoms with Crippen molar-refractivity contribution in [3.05, 3.63) is 24.0 Å². The fraction of sp³-hybridized carbons (Fsp3) is 0.500. The Kier molecular flexibility index (Phi) is 4.21. The molecule has 2 aromatic heterocycles. The molecule has 2 aliphatic heterocycles. The smallest absolute Gasteiger partial charge is 0.270 e. The van der Waals surface area contributed by atoms with E-state index in [2.05, 4.69) is 15.2 Å². The van der Waals surface area contributed by atoms with Crippen LogP contribution in [0.5, 0.6) is 0 Å². The Morgan fingerprint density at radius 3 is 2.96 bits per heavy atom. The molecule has 7 heteroatoms. The molecule has 0 spiro atoms. The second-order valence-corrected chi connectivity index (χ2v) is 8.15. The Hall–Kier alpha value is -1.99. The maximum absolute atomic E-state index is 12.6. The highest BCUT2D eigenvalue weighted by atomic mass is 32.1. The van der Waals surface area contributed by atoms with Crippen LogP contribution in [-0.4, -0.2) is 54.4 Å². The summed E-state index contributed by atoms with van der Waals surface area (Å²) in [6, 6.07) is 3.97. The topological polar surface area (TPSA) is 65.5 Å². The largest absolute Gasteiger partial charge is 0.347 e. The van der Waals surface area contributed by atoms with Gasteiger partial charge in [-0.1, -0.05) is 0 Å². The molecule has 25 heavy (non-hydrogen) atoms. The van der Waals surface area contributed by atoms with E-state index in [0.29, 0.717) is 5.69 Å².